The molecule has 22 heavy (non-hydrogen) atoms. The van der Waals surface area contributed by atoms with Crippen molar-refractivity contribution in [2.24, 2.45) is 0 Å². The van der Waals surface area contributed by atoms with Gasteiger partial charge in [0.05, 0.1) is 20.6 Å². The zero-order valence-electron chi connectivity index (χ0n) is 15.4. The van der Waals surface area contributed by atoms with Gasteiger partial charge in [0.1, 0.15) is 13.2 Å². The van der Waals surface area contributed by atoms with Crippen molar-refractivity contribution in [3.8, 4) is 0 Å². The molecule has 0 fully saturated rings. The van der Waals surface area contributed by atoms with E-state index in [1.54, 1.807) is 0 Å². The smallest absolute Gasteiger partial charge is 0.327 e. The molecule has 0 aromatic heterocycles. The van der Waals surface area contributed by atoms with Crippen molar-refractivity contribution in [1.82, 2.24) is 0 Å². The van der Waals surface area contributed by atoms with E-state index in [1.165, 1.54) is 64.2 Å². The zero-order valence-corrected chi connectivity index (χ0v) is 18.4. The molecule has 128 valence electrons. The molecule has 0 aliphatic rings. The average molecular weight is 345 g/mol. The van der Waals surface area contributed by atoms with Crippen LogP contribution in [0.15, 0.2) is 0 Å². The minimum absolute atomic E-state index is 0. The quantitative estimate of drug-likeness (QED) is 0.211. The van der Waals surface area contributed by atoms with Gasteiger partial charge in [0.15, 0.2) is 0 Å². The molecule has 0 rings (SSSR count). The molecule has 0 spiro atoms. The molecule has 0 bridgehead atoms. The van der Waals surface area contributed by atoms with Gasteiger partial charge in [-0.2, -0.15) is 0 Å². The van der Waals surface area contributed by atoms with Crippen LogP contribution >= 0.6 is 8.25 Å². The minimum atomic E-state index is -2.76. The Morgan fingerprint density at radius 3 is 1.77 bits per heavy atom. The summed E-state index contributed by atoms with van der Waals surface area (Å²) in [7, 11) is 1.56. The Kier molecular flexibility index (Phi) is 19.5. The topological polar surface area (TPSA) is 46.5 Å². The van der Waals surface area contributed by atoms with Crippen LogP contribution in [0.4, 0.5) is 0 Å². The Morgan fingerprint density at radius 1 is 0.864 bits per heavy atom. The summed E-state index contributed by atoms with van der Waals surface area (Å²) in [6.07, 6.45) is 13.6. The molecule has 1 atom stereocenters. The summed E-state index contributed by atoms with van der Waals surface area (Å²) in [5.41, 5.74) is 0. The molecule has 0 aromatic carbocycles. The van der Waals surface area contributed by atoms with Crippen molar-refractivity contribution in [3.05, 3.63) is 0 Å². The first-order chi connectivity index (χ1) is 9.98. The van der Waals surface area contributed by atoms with Gasteiger partial charge < -0.3 is 13.9 Å². The third kappa shape index (κ3) is 19.2. The van der Waals surface area contributed by atoms with E-state index in [9.17, 15) is 4.57 Å². The molecular formula is C16H37NNaO3P+2. The van der Waals surface area contributed by atoms with Crippen molar-refractivity contribution in [1.29, 1.82) is 0 Å². The van der Waals surface area contributed by atoms with Crippen LogP contribution in [0.5, 0.6) is 0 Å². The van der Waals surface area contributed by atoms with Gasteiger partial charge in [0, 0.05) is 0 Å². The molecule has 1 N–H and O–H groups in total. The van der Waals surface area contributed by atoms with Crippen LogP contribution in [0.3, 0.4) is 0 Å². The Labute approximate surface area is 160 Å². The molecule has 0 saturated carbocycles. The molecule has 4 nitrogen and oxygen atoms in total. The Morgan fingerprint density at radius 2 is 1.32 bits per heavy atom. The fraction of sp³-hybridized carbons (Fsp3) is 1.00. The van der Waals surface area contributed by atoms with E-state index in [0.29, 0.717) is 6.61 Å². The molecule has 0 radical (unpaired) electrons. The van der Waals surface area contributed by atoms with Crippen molar-refractivity contribution >= 4 is 8.25 Å². The minimum Gasteiger partial charge on any atom is -0.327 e. The summed E-state index contributed by atoms with van der Waals surface area (Å²) in [5.74, 6) is 0. The first kappa shape index (κ1) is 25.4. The zero-order chi connectivity index (χ0) is 16.0. The third-order valence-corrected chi connectivity index (χ3v) is 4.49. The Hall–Kier alpha value is 1.11. The van der Waals surface area contributed by atoms with Crippen LogP contribution < -0.4 is 29.6 Å². The van der Waals surface area contributed by atoms with Gasteiger partial charge in [0.2, 0.25) is 0 Å². The summed E-state index contributed by atoms with van der Waals surface area (Å²) >= 11 is 0. The van der Waals surface area contributed by atoms with Gasteiger partial charge in [-0.05, 0) is 12.8 Å². The van der Waals surface area contributed by atoms with E-state index in [0.717, 1.165) is 17.6 Å². The summed E-state index contributed by atoms with van der Waals surface area (Å²) in [6.45, 7) is 4.55. The van der Waals surface area contributed by atoms with Crippen LogP contribution in [0, 0.1) is 0 Å². The number of likely N-dealkylation sites (N-methyl/N-ethyl adjacent to an activating group) is 1. The van der Waals surface area contributed by atoms with E-state index < -0.39 is 8.25 Å². The van der Waals surface area contributed by atoms with E-state index >= 15 is 0 Å². The predicted molar refractivity (Wildman–Crippen MR) is 90.9 cm³/mol. The van der Waals surface area contributed by atoms with Crippen LogP contribution in [0.1, 0.15) is 71.1 Å². The largest absolute Gasteiger partial charge is 1.00 e. The van der Waals surface area contributed by atoms with Gasteiger partial charge in [-0.15, -0.1) is 0 Å². The maximum absolute atomic E-state index is 10.5. The van der Waals surface area contributed by atoms with Gasteiger partial charge in [-0.25, -0.2) is 0 Å². The van der Waals surface area contributed by atoms with Crippen LogP contribution in [0.25, 0.3) is 0 Å². The van der Waals surface area contributed by atoms with Crippen molar-refractivity contribution in [2.45, 2.75) is 71.1 Å². The van der Waals surface area contributed by atoms with Gasteiger partial charge in [0.25, 0.3) is 0 Å². The maximum atomic E-state index is 10.5. The van der Waals surface area contributed by atoms with Gasteiger partial charge >= 0.3 is 37.8 Å². The summed E-state index contributed by atoms with van der Waals surface area (Å²) in [6, 6.07) is 0. The van der Waals surface area contributed by atoms with Crippen molar-refractivity contribution in [2.75, 3.05) is 33.8 Å². The number of hydrogen-bond acceptors (Lipinski definition) is 2. The van der Waals surface area contributed by atoms with E-state index in [4.69, 9.17) is 9.42 Å². The maximum Gasteiger partial charge on any atom is 1.00 e. The molecule has 0 aromatic rings. The monoisotopic (exact) mass is 345 g/mol. The van der Waals surface area contributed by atoms with Crippen LogP contribution in [-0.2, 0) is 9.09 Å². The predicted octanol–water partition coefficient (Wildman–Crippen LogP) is 1.39. The van der Waals surface area contributed by atoms with Gasteiger partial charge in [-0.1, -0.05) is 58.3 Å². The molecule has 6 heteroatoms. The second-order valence-electron chi connectivity index (χ2n) is 6.68. The number of quaternary nitrogens is 1. The van der Waals surface area contributed by atoms with Crippen molar-refractivity contribution < 1.29 is 48.0 Å². The Balaban J connectivity index is 0. The molecule has 0 saturated heterocycles. The summed E-state index contributed by atoms with van der Waals surface area (Å²) in [5, 5.41) is 0. The molecule has 0 amide bonds. The first-order valence-corrected chi connectivity index (χ1v) is 9.92. The van der Waals surface area contributed by atoms with Gasteiger partial charge in [-0.3, -0.25) is 4.57 Å². The second kappa shape index (κ2) is 17.0. The van der Waals surface area contributed by atoms with Crippen LogP contribution in [0.2, 0.25) is 0 Å². The SMILES string of the molecule is CCCCCCCCCCCC[N+](C)(C)CCO[PH](=O)O.[Na+]. The number of unbranched alkanes of at least 4 members (excludes halogenated alkanes) is 9. The average Bonchev–Trinajstić information content (AvgIpc) is 2.40. The van der Waals surface area contributed by atoms with E-state index in [1.807, 2.05) is 0 Å². The fourth-order valence-corrected chi connectivity index (χ4v) is 2.79. The van der Waals surface area contributed by atoms with Crippen molar-refractivity contribution in [3.63, 3.8) is 0 Å². The number of hydrogen-bond donors (Lipinski definition) is 1. The molecule has 1 unspecified atom stereocenters. The molecule has 0 aliphatic heterocycles. The summed E-state index contributed by atoms with van der Waals surface area (Å²) < 4.78 is 16.1. The summed E-state index contributed by atoms with van der Waals surface area (Å²) in [4.78, 5) is 8.63. The molecule has 0 heterocycles. The Bertz CT molecular complexity index is 266. The molecular weight excluding hydrogens is 308 g/mol. The number of rotatable bonds is 15. The molecule has 0 aliphatic carbocycles. The third-order valence-electron chi connectivity index (χ3n) is 4.04. The van der Waals surface area contributed by atoms with E-state index in [2.05, 4.69) is 21.0 Å². The normalized spacial score (nSPS) is 12.9. The fourth-order valence-electron chi connectivity index (χ4n) is 2.52. The number of nitrogens with zero attached hydrogens (tertiary/aromatic N) is 1. The first-order valence-electron chi connectivity index (χ1n) is 8.65. The van der Waals surface area contributed by atoms with Crippen LogP contribution in [-0.4, -0.2) is 43.2 Å². The van der Waals surface area contributed by atoms with E-state index in [-0.39, 0.29) is 29.6 Å². The standard InChI is InChI=1S/C16H36NO3P.Na/c1-4-5-6-7-8-9-10-11-12-13-14-17(2,3)15-16-20-21(18)19;/h21H,4-16H2,1-3H3;/q;+1/p+1. The second-order valence-corrected chi connectivity index (χ2v) is 7.50.